The number of rotatable bonds is 6. The van der Waals surface area contributed by atoms with Gasteiger partial charge in [-0.25, -0.2) is 0 Å². The number of hydrogen-bond acceptors (Lipinski definition) is 6. The SMILES string of the molecule is COc1cc(B(O)O)c(C(OC)OC)cc1OC. The van der Waals surface area contributed by atoms with Gasteiger partial charge in [0, 0.05) is 19.8 Å². The van der Waals surface area contributed by atoms with Crippen molar-refractivity contribution in [1.82, 2.24) is 0 Å². The molecule has 0 unspecified atom stereocenters. The molecule has 1 aromatic carbocycles. The minimum atomic E-state index is -1.66. The van der Waals surface area contributed by atoms with Crippen molar-refractivity contribution in [3.8, 4) is 11.5 Å². The molecule has 0 saturated carbocycles. The van der Waals surface area contributed by atoms with E-state index < -0.39 is 13.4 Å². The van der Waals surface area contributed by atoms with E-state index in [4.69, 9.17) is 18.9 Å². The van der Waals surface area contributed by atoms with Crippen LogP contribution in [0.15, 0.2) is 12.1 Å². The third-order valence-corrected chi connectivity index (χ3v) is 2.55. The van der Waals surface area contributed by atoms with E-state index in [2.05, 4.69) is 0 Å². The van der Waals surface area contributed by atoms with Crippen molar-refractivity contribution in [2.24, 2.45) is 0 Å². The van der Waals surface area contributed by atoms with Crippen LogP contribution in [0.5, 0.6) is 11.5 Å². The molecule has 0 aliphatic heterocycles. The summed E-state index contributed by atoms with van der Waals surface area (Å²) in [5.41, 5.74) is 0.703. The van der Waals surface area contributed by atoms with Crippen molar-refractivity contribution in [3.63, 3.8) is 0 Å². The summed E-state index contributed by atoms with van der Waals surface area (Å²) in [4.78, 5) is 0. The van der Waals surface area contributed by atoms with E-state index in [1.165, 1.54) is 34.5 Å². The highest BCUT2D eigenvalue weighted by Crippen LogP contribution is 2.30. The molecule has 0 atom stereocenters. The van der Waals surface area contributed by atoms with E-state index in [9.17, 15) is 10.0 Å². The lowest BCUT2D eigenvalue weighted by atomic mass is 9.76. The minimum absolute atomic E-state index is 0.237. The van der Waals surface area contributed by atoms with E-state index in [0.29, 0.717) is 17.1 Å². The minimum Gasteiger partial charge on any atom is -0.493 e. The van der Waals surface area contributed by atoms with Crippen molar-refractivity contribution in [2.75, 3.05) is 28.4 Å². The van der Waals surface area contributed by atoms with Crippen LogP contribution in [0.3, 0.4) is 0 Å². The maximum absolute atomic E-state index is 9.38. The molecule has 0 saturated heterocycles. The number of benzene rings is 1. The first kappa shape index (κ1) is 14.8. The Kier molecular flexibility index (Phi) is 5.42. The highest BCUT2D eigenvalue weighted by molar-refractivity contribution is 6.59. The van der Waals surface area contributed by atoms with Crippen molar-refractivity contribution < 1.29 is 29.0 Å². The molecule has 2 N–H and O–H groups in total. The third-order valence-electron chi connectivity index (χ3n) is 2.55. The molecule has 18 heavy (non-hydrogen) atoms. The maximum Gasteiger partial charge on any atom is 0.489 e. The van der Waals surface area contributed by atoms with E-state index in [1.54, 1.807) is 6.07 Å². The molecule has 0 aliphatic rings. The Morgan fingerprint density at radius 3 is 1.83 bits per heavy atom. The Labute approximate surface area is 106 Å². The topological polar surface area (TPSA) is 77.4 Å². The van der Waals surface area contributed by atoms with E-state index in [0.717, 1.165) is 0 Å². The molecule has 0 heterocycles. The van der Waals surface area contributed by atoms with Crippen LogP contribution >= 0.6 is 0 Å². The molecule has 0 amide bonds. The van der Waals surface area contributed by atoms with E-state index >= 15 is 0 Å². The van der Waals surface area contributed by atoms with Gasteiger partial charge in [0.1, 0.15) is 0 Å². The van der Waals surface area contributed by atoms with Gasteiger partial charge in [0.15, 0.2) is 17.8 Å². The smallest absolute Gasteiger partial charge is 0.489 e. The van der Waals surface area contributed by atoms with Crippen LogP contribution < -0.4 is 14.9 Å². The van der Waals surface area contributed by atoms with Crippen LogP contribution in [-0.2, 0) is 9.47 Å². The predicted molar refractivity (Wildman–Crippen MR) is 66.1 cm³/mol. The first-order valence-corrected chi connectivity index (χ1v) is 5.26. The summed E-state index contributed by atoms with van der Waals surface area (Å²) in [6.45, 7) is 0. The molecule has 1 rings (SSSR count). The molecule has 0 aliphatic carbocycles. The van der Waals surface area contributed by atoms with Crippen molar-refractivity contribution in [2.45, 2.75) is 6.29 Å². The zero-order chi connectivity index (χ0) is 13.7. The van der Waals surface area contributed by atoms with Crippen LogP contribution in [0.1, 0.15) is 11.9 Å². The quantitative estimate of drug-likeness (QED) is 0.536. The summed E-state index contributed by atoms with van der Waals surface area (Å²) in [6, 6.07) is 3.06. The highest BCUT2D eigenvalue weighted by Gasteiger charge is 2.25. The van der Waals surface area contributed by atoms with Crippen molar-refractivity contribution in [3.05, 3.63) is 17.7 Å². The first-order valence-electron chi connectivity index (χ1n) is 5.26. The largest absolute Gasteiger partial charge is 0.493 e. The zero-order valence-electron chi connectivity index (χ0n) is 10.8. The molecule has 0 fully saturated rings. The molecule has 100 valence electrons. The highest BCUT2D eigenvalue weighted by atomic mass is 16.7. The first-order chi connectivity index (χ1) is 8.58. The standard InChI is InChI=1S/C11H17BO6/c1-15-9-5-7(11(17-3)18-4)8(12(13)14)6-10(9)16-2/h5-6,11,13-14H,1-4H3. The van der Waals surface area contributed by atoms with Crippen LogP contribution in [0.2, 0.25) is 0 Å². The second-order valence-electron chi connectivity index (χ2n) is 3.51. The van der Waals surface area contributed by atoms with Gasteiger partial charge in [-0.3, -0.25) is 0 Å². The molecule has 0 aromatic heterocycles. The Bertz CT molecular complexity index is 391. The van der Waals surface area contributed by atoms with Gasteiger partial charge < -0.3 is 29.0 Å². The second kappa shape index (κ2) is 6.60. The van der Waals surface area contributed by atoms with Gasteiger partial charge in [0.2, 0.25) is 0 Å². The molecule has 0 spiro atoms. The Morgan fingerprint density at radius 1 is 0.944 bits per heavy atom. The molecule has 0 bridgehead atoms. The van der Waals surface area contributed by atoms with Crippen LogP contribution in [0, 0.1) is 0 Å². The fourth-order valence-corrected chi connectivity index (χ4v) is 1.69. The summed E-state index contributed by atoms with van der Waals surface area (Å²) < 4.78 is 20.5. The number of hydrogen-bond donors (Lipinski definition) is 2. The number of methoxy groups -OCH3 is 4. The van der Waals surface area contributed by atoms with E-state index in [1.807, 2.05) is 0 Å². The zero-order valence-corrected chi connectivity index (χ0v) is 10.8. The lowest BCUT2D eigenvalue weighted by Crippen LogP contribution is -2.35. The second-order valence-corrected chi connectivity index (χ2v) is 3.51. The summed E-state index contributed by atoms with van der Waals surface area (Å²) in [5, 5.41) is 18.8. The maximum atomic E-state index is 9.38. The van der Waals surface area contributed by atoms with E-state index in [-0.39, 0.29) is 5.46 Å². The molecule has 7 heteroatoms. The summed E-state index contributed by atoms with van der Waals surface area (Å²) in [5.74, 6) is 0.853. The lowest BCUT2D eigenvalue weighted by Gasteiger charge is -2.20. The molecule has 1 aromatic rings. The van der Waals surface area contributed by atoms with Crippen molar-refractivity contribution in [1.29, 1.82) is 0 Å². The third kappa shape index (κ3) is 2.94. The van der Waals surface area contributed by atoms with Gasteiger partial charge in [-0.2, -0.15) is 0 Å². The summed E-state index contributed by atoms with van der Waals surface area (Å²) in [6.07, 6.45) is -0.721. The average molecular weight is 256 g/mol. The molecular weight excluding hydrogens is 239 g/mol. The van der Waals surface area contributed by atoms with Gasteiger partial charge in [-0.15, -0.1) is 0 Å². The van der Waals surface area contributed by atoms with Crippen LogP contribution in [0.25, 0.3) is 0 Å². The Hall–Kier alpha value is -1.28. The van der Waals surface area contributed by atoms with Gasteiger partial charge in [0.25, 0.3) is 0 Å². The molecule has 0 radical (unpaired) electrons. The van der Waals surface area contributed by atoms with Gasteiger partial charge in [0.05, 0.1) is 14.2 Å². The normalized spacial score (nSPS) is 10.6. The fourth-order valence-electron chi connectivity index (χ4n) is 1.69. The van der Waals surface area contributed by atoms with Gasteiger partial charge in [-0.05, 0) is 17.6 Å². The lowest BCUT2D eigenvalue weighted by molar-refractivity contribution is -0.105. The fraction of sp³-hybridized carbons (Fsp3) is 0.455. The molecular formula is C11H17BO6. The van der Waals surface area contributed by atoms with Gasteiger partial charge >= 0.3 is 7.12 Å². The van der Waals surface area contributed by atoms with Gasteiger partial charge in [-0.1, -0.05) is 0 Å². The van der Waals surface area contributed by atoms with Crippen molar-refractivity contribution >= 4 is 12.6 Å². The number of ether oxygens (including phenoxy) is 4. The average Bonchev–Trinajstić information content (AvgIpc) is 2.39. The Morgan fingerprint density at radius 2 is 1.44 bits per heavy atom. The van der Waals surface area contributed by atoms with Crippen LogP contribution in [-0.4, -0.2) is 45.6 Å². The van der Waals surface area contributed by atoms with Crippen LogP contribution in [0.4, 0.5) is 0 Å². The predicted octanol–water partition coefficient (Wildman–Crippen LogP) is -0.325. The molecule has 6 nitrogen and oxygen atoms in total. The summed E-state index contributed by atoms with van der Waals surface area (Å²) >= 11 is 0. The summed E-state index contributed by atoms with van der Waals surface area (Å²) in [7, 11) is 4.21. The monoisotopic (exact) mass is 256 g/mol. The Balaban J connectivity index is 3.37.